The van der Waals surface area contributed by atoms with Gasteiger partial charge in [-0.1, -0.05) is 50.9 Å². The fourth-order valence-electron chi connectivity index (χ4n) is 6.01. The molecular formula is C32H43ClN2O6. The summed E-state index contributed by atoms with van der Waals surface area (Å²) in [4.78, 5) is 33.5. The number of benzene rings is 1. The molecule has 1 aromatic carbocycles. The van der Waals surface area contributed by atoms with Crippen LogP contribution >= 0.6 is 11.6 Å². The lowest BCUT2D eigenvalue weighted by Gasteiger charge is -2.35. The van der Waals surface area contributed by atoms with E-state index in [0.717, 1.165) is 24.0 Å². The molecular weight excluding hydrogens is 544 g/mol. The summed E-state index contributed by atoms with van der Waals surface area (Å²) in [6.45, 7) is 11.8. The predicted molar refractivity (Wildman–Crippen MR) is 157 cm³/mol. The van der Waals surface area contributed by atoms with Gasteiger partial charge in [-0.25, -0.2) is 14.6 Å². The molecule has 1 aromatic heterocycles. The summed E-state index contributed by atoms with van der Waals surface area (Å²) >= 11 is 6.44. The molecule has 0 unspecified atom stereocenters. The number of ether oxygens (including phenoxy) is 4. The van der Waals surface area contributed by atoms with Gasteiger partial charge in [0.1, 0.15) is 6.04 Å². The smallest absolute Gasteiger partial charge is 0.411 e. The number of hydrogen-bond donors (Lipinski definition) is 0. The summed E-state index contributed by atoms with van der Waals surface area (Å²) < 4.78 is 23.6. The van der Waals surface area contributed by atoms with Gasteiger partial charge in [-0.3, -0.25) is 4.90 Å². The SMILES string of the molecule is CCOC(=O)[C@@H]1[C@@H](C(C)(C)C)[C@H](OCc2cc(C3CCC3)cnc2OC)[C@H](c2cccc(Cl)c2)N1C(=O)OC(C)C. The van der Waals surface area contributed by atoms with Crippen molar-refractivity contribution in [1.82, 2.24) is 9.88 Å². The number of carbonyl (C=O) groups excluding carboxylic acids is 2. The van der Waals surface area contributed by atoms with Crippen LogP contribution in [0.1, 0.15) is 89.5 Å². The van der Waals surface area contributed by atoms with E-state index in [-0.39, 0.29) is 19.3 Å². The fraction of sp³-hybridized carbons (Fsp3) is 0.594. The lowest BCUT2D eigenvalue weighted by molar-refractivity contribution is -0.151. The highest BCUT2D eigenvalue weighted by molar-refractivity contribution is 6.30. The van der Waals surface area contributed by atoms with Crippen molar-refractivity contribution in [2.45, 2.75) is 97.6 Å². The van der Waals surface area contributed by atoms with Gasteiger partial charge in [-0.2, -0.15) is 0 Å². The Morgan fingerprint density at radius 3 is 2.44 bits per heavy atom. The Hall–Kier alpha value is -2.84. The number of halogens is 1. The monoisotopic (exact) mass is 586 g/mol. The van der Waals surface area contributed by atoms with Crippen molar-refractivity contribution >= 4 is 23.7 Å². The highest BCUT2D eigenvalue weighted by Crippen LogP contribution is 2.50. The molecule has 0 radical (unpaired) electrons. The Labute approximate surface area is 248 Å². The van der Waals surface area contributed by atoms with Crippen molar-refractivity contribution in [3.8, 4) is 5.88 Å². The summed E-state index contributed by atoms with van der Waals surface area (Å²) in [7, 11) is 1.59. The van der Waals surface area contributed by atoms with Crippen molar-refractivity contribution in [3.63, 3.8) is 0 Å². The molecule has 1 saturated heterocycles. The van der Waals surface area contributed by atoms with Crippen molar-refractivity contribution < 1.29 is 28.5 Å². The highest BCUT2D eigenvalue weighted by Gasteiger charge is 2.60. The van der Waals surface area contributed by atoms with Crippen LogP contribution in [0.25, 0.3) is 0 Å². The number of pyridine rings is 1. The topological polar surface area (TPSA) is 87.2 Å². The molecule has 0 N–H and O–H groups in total. The number of aromatic nitrogens is 1. The van der Waals surface area contributed by atoms with Crippen LogP contribution in [-0.4, -0.2) is 53.9 Å². The Kier molecular flexibility index (Phi) is 9.85. The molecule has 1 aliphatic heterocycles. The highest BCUT2D eigenvalue weighted by atomic mass is 35.5. The van der Waals surface area contributed by atoms with Crippen LogP contribution in [0.3, 0.4) is 0 Å². The zero-order chi connectivity index (χ0) is 29.9. The lowest BCUT2D eigenvalue weighted by Crippen LogP contribution is -2.48. The quantitative estimate of drug-likeness (QED) is 0.290. The van der Waals surface area contributed by atoms with Crippen molar-refractivity contribution in [1.29, 1.82) is 0 Å². The largest absolute Gasteiger partial charge is 0.481 e. The molecule has 2 aliphatic rings. The molecule has 1 aliphatic carbocycles. The summed E-state index contributed by atoms with van der Waals surface area (Å²) in [5.41, 5.74) is 2.29. The third-order valence-corrected chi connectivity index (χ3v) is 8.25. The van der Waals surface area contributed by atoms with Gasteiger partial charge in [0.2, 0.25) is 5.88 Å². The number of esters is 1. The van der Waals surface area contributed by atoms with E-state index in [0.29, 0.717) is 16.8 Å². The van der Waals surface area contributed by atoms with Crippen LogP contribution in [-0.2, 0) is 25.6 Å². The molecule has 1 saturated carbocycles. The first-order valence-electron chi connectivity index (χ1n) is 14.5. The van der Waals surface area contributed by atoms with Gasteiger partial charge in [-0.05, 0) is 74.3 Å². The van der Waals surface area contributed by atoms with Crippen LogP contribution in [0.5, 0.6) is 5.88 Å². The van der Waals surface area contributed by atoms with Crippen LogP contribution in [0.2, 0.25) is 5.02 Å². The third kappa shape index (κ3) is 6.81. The lowest BCUT2D eigenvalue weighted by atomic mass is 9.73. The number of methoxy groups -OCH3 is 1. The Bertz CT molecular complexity index is 1220. The summed E-state index contributed by atoms with van der Waals surface area (Å²) in [5.74, 6) is 0.0712. The minimum Gasteiger partial charge on any atom is -0.481 e. The summed E-state index contributed by atoms with van der Waals surface area (Å²) in [6, 6.07) is 7.83. The average molecular weight is 587 g/mol. The fourth-order valence-corrected chi connectivity index (χ4v) is 6.21. The van der Waals surface area contributed by atoms with Crippen LogP contribution in [0.4, 0.5) is 4.79 Å². The molecule has 0 bridgehead atoms. The van der Waals surface area contributed by atoms with E-state index < -0.39 is 41.6 Å². The normalized spacial score (nSPS) is 22.9. The second kappa shape index (κ2) is 13.0. The molecule has 224 valence electrons. The van der Waals surface area contributed by atoms with E-state index in [1.165, 1.54) is 16.9 Å². The van der Waals surface area contributed by atoms with Gasteiger partial charge in [0.05, 0.1) is 38.6 Å². The van der Waals surface area contributed by atoms with Crippen LogP contribution < -0.4 is 4.74 Å². The van der Waals surface area contributed by atoms with Gasteiger partial charge in [0, 0.05) is 22.7 Å². The molecule has 2 heterocycles. The second-order valence-corrected chi connectivity index (χ2v) is 12.7. The van der Waals surface area contributed by atoms with Gasteiger partial charge in [0.15, 0.2) is 0 Å². The summed E-state index contributed by atoms with van der Waals surface area (Å²) in [6.07, 6.45) is 3.81. The average Bonchev–Trinajstić information content (AvgIpc) is 3.22. The first kappa shape index (κ1) is 31.1. The van der Waals surface area contributed by atoms with Crippen molar-refractivity contribution in [2.24, 2.45) is 11.3 Å². The van der Waals surface area contributed by atoms with E-state index >= 15 is 0 Å². The number of carbonyl (C=O) groups is 2. The van der Waals surface area contributed by atoms with E-state index in [1.807, 2.05) is 45.2 Å². The zero-order valence-corrected chi connectivity index (χ0v) is 25.9. The third-order valence-electron chi connectivity index (χ3n) is 8.02. The number of nitrogens with zero attached hydrogens (tertiary/aromatic N) is 2. The molecule has 2 aromatic rings. The first-order valence-corrected chi connectivity index (χ1v) is 14.9. The van der Waals surface area contributed by atoms with Crippen LogP contribution in [0, 0.1) is 11.3 Å². The Morgan fingerprint density at radius 1 is 1.15 bits per heavy atom. The first-order chi connectivity index (χ1) is 19.5. The molecule has 1 amide bonds. The molecule has 8 nitrogen and oxygen atoms in total. The molecule has 0 spiro atoms. The zero-order valence-electron chi connectivity index (χ0n) is 25.2. The van der Waals surface area contributed by atoms with Crippen LogP contribution in [0.15, 0.2) is 36.5 Å². The van der Waals surface area contributed by atoms with Gasteiger partial charge >= 0.3 is 12.1 Å². The number of amides is 1. The van der Waals surface area contributed by atoms with Gasteiger partial charge < -0.3 is 18.9 Å². The maximum Gasteiger partial charge on any atom is 0.411 e. The number of rotatable bonds is 9. The van der Waals surface area contributed by atoms with E-state index in [2.05, 4.69) is 11.1 Å². The Morgan fingerprint density at radius 2 is 1.88 bits per heavy atom. The van der Waals surface area contributed by atoms with Gasteiger partial charge in [0.25, 0.3) is 0 Å². The molecule has 9 heteroatoms. The maximum atomic E-state index is 13.8. The summed E-state index contributed by atoms with van der Waals surface area (Å²) in [5, 5.41) is 0.518. The maximum absolute atomic E-state index is 13.8. The second-order valence-electron chi connectivity index (χ2n) is 12.3. The minimum absolute atomic E-state index is 0.184. The number of hydrogen-bond acceptors (Lipinski definition) is 7. The molecule has 4 atom stereocenters. The predicted octanol–water partition coefficient (Wildman–Crippen LogP) is 7.09. The molecule has 2 fully saturated rings. The van der Waals surface area contributed by atoms with E-state index in [1.54, 1.807) is 33.9 Å². The Balaban J connectivity index is 1.82. The molecule has 41 heavy (non-hydrogen) atoms. The standard InChI is InChI=1S/C32H43ClN2O6/c1-8-39-30(36)27-25(32(4,5)6)28(40-18-23-15-22(20-11-9-12-20)17-34-29(23)38-7)26(21-13-10-14-24(33)16-21)35(27)31(37)41-19(2)3/h10,13-17,19-20,25-28H,8-9,11-12,18H2,1-7H3/t25-,26+,27+,28+/m1/s1. The number of likely N-dealkylation sites (tertiary alicyclic amines) is 1. The van der Waals surface area contributed by atoms with E-state index in [4.69, 9.17) is 30.5 Å². The van der Waals surface area contributed by atoms with Crippen molar-refractivity contribution in [2.75, 3.05) is 13.7 Å². The van der Waals surface area contributed by atoms with Gasteiger partial charge in [-0.15, -0.1) is 0 Å². The molecule has 4 rings (SSSR count). The minimum atomic E-state index is -0.934. The van der Waals surface area contributed by atoms with E-state index in [9.17, 15) is 9.59 Å². The van der Waals surface area contributed by atoms with Crippen molar-refractivity contribution in [3.05, 3.63) is 58.2 Å².